The van der Waals surface area contributed by atoms with E-state index in [-0.39, 0.29) is 42.0 Å². The number of non-ortho nitro benzene ring substituents is 1. The molecule has 2 aliphatic rings. The monoisotopic (exact) mass is 615 g/mol. The Morgan fingerprint density at radius 3 is 2.34 bits per heavy atom. The number of rotatable bonds is 10. The van der Waals surface area contributed by atoms with Gasteiger partial charge in [0.15, 0.2) is 0 Å². The number of nitro benzene ring substituents is 1. The van der Waals surface area contributed by atoms with Crippen LogP contribution in [-0.4, -0.2) is 76.9 Å². The molecule has 0 aliphatic carbocycles. The normalized spacial score (nSPS) is 19.0. The lowest BCUT2D eigenvalue weighted by Gasteiger charge is -2.39. The van der Waals surface area contributed by atoms with E-state index in [0.717, 1.165) is 38.0 Å². The molecule has 230 valence electrons. The molecule has 0 aromatic heterocycles. The summed E-state index contributed by atoms with van der Waals surface area (Å²) in [4.78, 5) is 43.4. The van der Waals surface area contributed by atoms with Gasteiger partial charge in [-0.25, -0.2) is 4.79 Å². The molecule has 0 spiro atoms. The Bertz CT molecular complexity index is 1460. The fourth-order valence-corrected chi connectivity index (χ4v) is 6.62. The minimum Gasteiger partial charge on any atom is -0.338 e. The fourth-order valence-electron chi connectivity index (χ4n) is 6.40. The lowest BCUT2D eigenvalue weighted by atomic mass is 9.88. The van der Waals surface area contributed by atoms with Crippen LogP contribution in [0.15, 0.2) is 91.5 Å². The van der Waals surface area contributed by atoms with Crippen molar-refractivity contribution >= 4 is 29.2 Å². The Morgan fingerprint density at radius 1 is 1.00 bits per heavy atom. The zero-order chi connectivity index (χ0) is 31.1. The van der Waals surface area contributed by atoms with Gasteiger partial charge in [0.05, 0.1) is 15.5 Å². The van der Waals surface area contributed by atoms with Crippen molar-refractivity contribution in [1.29, 1.82) is 0 Å². The number of benzene rings is 3. The number of nitro groups is 1. The van der Waals surface area contributed by atoms with E-state index >= 15 is 0 Å². The van der Waals surface area contributed by atoms with Crippen molar-refractivity contribution in [2.24, 2.45) is 5.92 Å². The number of hydrogen-bond acceptors (Lipinski definition) is 5. The second kappa shape index (κ2) is 14.5. The number of amides is 3. The smallest absolute Gasteiger partial charge is 0.318 e. The second-order valence-electron chi connectivity index (χ2n) is 11.5. The van der Waals surface area contributed by atoms with Crippen LogP contribution >= 0.6 is 11.6 Å². The first-order valence-corrected chi connectivity index (χ1v) is 15.4. The first-order chi connectivity index (χ1) is 21.3. The van der Waals surface area contributed by atoms with E-state index in [2.05, 4.69) is 41.1 Å². The second-order valence-corrected chi connectivity index (χ2v) is 11.9. The SMILES string of the molecule is C=CCN(C(=O)NCc1ccc([N+](=O)[O-])cc1)C1CCN(C[C@@H]2CN(C(=O)c3ccccc3Cl)C[C@H]2c2ccccc2)CC1. The van der Waals surface area contributed by atoms with Gasteiger partial charge in [0.2, 0.25) is 0 Å². The topological polar surface area (TPSA) is 99.0 Å². The molecule has 0 saturated carbocycles. The van der Waals surface area contributed by atoms with Crippen molar-refractivity contribution in [3.05, 3.63) is 123 Å². The van der Waals surface area contributed by atoms with Gasteiger partial charge in [-0.15, -0.1) is 6.58 Å². The number of piperidine rings is 1. The van der Waals surface area contributed by atoms with Crippen LogP contribution < -0.4 is 5.32 Å². The largest absolute Gasteiger partial charge is 0.338 e. The number of urea groups is 1. The minimum absolute atomic E-state index is 0.0210. The summed E-state index contributed by atoms with van der Waals surface area (Å²) >= 11 is 6.38. The predicted octanol–water partition coefficient (Wildman–Crippen LogP) is 5.97. The Morgan fingerprint density at radius 2 is 1.68 bits per heavy atom. The molecule has 44 heavy (non-hydrogen) atoms. The summed E-state index contributed by atoms with van der Waals surface area (Å²) in [6.45, 7) is 8.47. The zero-order valence-electron chi connectivity index (χ0n) is 24.7. The number of carbonyl (C=O) groups excluding carboxylic acids is 2. The average molecular weight is 616 g/mol. The molecule has 2 fully saturated rings. The van der Waals surface area contributed by atoms with Gasteiger partial charge in [-0.2, -0.15) is 0 Å². The highest BCUT2D eigenvalue weighted by Gasteiger charge is 2.38. The van der Waals surface area contributed by atoms with E-state index in [1.165, 1.54) is 17.7 Å². The molecule has 0 unspecified atom stereocenters. The van der Waals surface area contributed by atoms with Gasteiger partial charge in [-0.1, -0.05) is 72.3 Å². The molecular formula is C34H38ClN5O4. The lowest BCUT2D eigenvalue weighted by molar-refractivity contribution is -0.384. The molecule has 2 saturated heterocycles. The summed E-state index contributed by atoms with van der Waals surface area (Å²) in [5.41, 5.74) is 2.59. The highest BCUT2D eigenvalue weighted by molar-refractivity contribution is 6.33. The van der Waals surface area contributed by atoms with Crippen molar-refractivity contribution in [2.75, 3.05) is 39.3 Å². The number of nitrogens with one attached hydrogen (secondary N) is 1. The van der Waals surface area contributed by atoms with E-state index < -0.39 is 4.92 Å². The number of nitrogens with zero attached hydrogens (tertiary/aromatic N) is 4. The van der Waals surface area contributed by atoms with Crippen LogP contribution in [0.5, 0.6) is 0 Å². The highest BCUT2D eigenvalue weighted by Crippen LogP contribution is 2.35. The molecule has 10 heteroatoms. The molecule has 9 nitrogen and oxygen atoms in total. The van der Waals surface area contributed by atoms with Crippen LogP contribution in [0.3, 0.4) is 0 Å². The van der Waals surface area contributed by atoms with E-state index in [0.29, 0.717) is 30.2 Å². The zero-order valence-corrected chi connectivity index (χ0v) is 25.4. The maximum atomic E-state index is 13.5. The number of likely N-dealkylation sites (tertiary alicyclic amines) is 2. The van der Waals surface area contributed by atoms with Crippen molar-refractivity contribution in [3.8, 4) is 0 Å². The Labute approximate surface area is 263 Å². The molecule has 3 aromatic carbocycles. The Kier molecular flexibility index (Phi) is 10.3. The third-order valence-electron chi connectivity index (χ3n) is 8.73. The summed E-state index contributed by atoms with van der Waals surface area (Å²) in [7, 11) is 0. The molecule has 3 aromatic rings. The number of hydrogen-bond donors (Lipinski definition) is 1. The van der Waals surface area contributed by atoms with Crippen molar-refractivity contribution in [2.45, 2.75) is 31.3 Å². The summed E-state index contributed by atoms with van der Waals surface area (Å²) < 4.78 is 0. The van der Waals surface area contributed by atoms with Crippen molar-refractivity contribution < 1.29 is 14.5 Å². The molecular weight excluding hydrogens is 578 g/mol. The lowest BCUT2D eigenvalue weighted by Crippen LogP contribution is -2.51. The molecule has 1 N–H and O–H groups in total. The average Bonchev–Trinajstić information content (AvgIpc) is 3.47. The third-order valence-corrected chi connectivity index (χ3v) is 9.06. The van der Waals surface area contributed by atoms with Gasteiger partial charge in [0.1, 0.15) is 0 Å². The predicted molar refractivity (Wildman–Crippen MR) is 172 cm³/mol. The van der Waals surface area contributed by atoms with Crippen LogP contribution in [0.25, 0.3) is 0 Å². The van der Waals surface area contributed by atoms with E-state index in [4.69, 9.17) is 11.6 Å². The van der Waals surface area contributed by atoms with E-state index in [1.54, 1.807) is 30.3 Å². The van der Waals surface area contributed by atoms with Gasteiger partial charge < -0.3 is 20.0 Å². The quantitative estimate of drug-likeness (QED) is 0.172. The minimum atomic E-state index is -0.439. The van der Waals surface area contributed by atoms with Crippen molar-refractivity contribution in [3.63, 3.8) is 0 Å². The molecule has 2 atom stereocenters. The van der Waals surface area contributed by atoms with Gasteiger partial charge >= 0.3 is 6.03 Å². The van der Waals surface area contributed by atoms with Crippen molar-refractivity contribution in [1.82, 2.24) is 20.0 Å². The van der Waals surface area contributed by atoms with Crippen LogP contribution in [0.4, 0.5) is 10.5 Å². The first kappa shape index (κ1) is 31.2. The standard InChI is InChI=1S/C34H38ClN5O4/c1-2-18-39(34(42)36-21-25-12-14-29(15-13-25)40(43)44)28-16-19-37(20-17-28)22-27-23-38(24-31(27)26-8-4-3-5-9-26)33(41)30-10-6-7-11-32(30)35/h2-15,27-28,31H,1,16-24H2,(H,36,42)/t27-,31+/m1/s1. The summed E-state index contributed by atoms with van der Waals surface area (Å²) in [5, 5.41) is 14.4. The van der Waals surface area contributed by atoms with Crippen LogP contribution in [0, 0.1) is 16.0 Å². The number of halogens is 1. The van der Waals surface area contributed by atoms with Gasteiger partial charge in [0.25, 0.3) is 11.6 Å². The first-order valence-electron chi connectivity index (χ1n) is 15.0. The summed E-state index contributed by atoms with van der Waals surface area (Å²) in [6.07, 6.45) is 3.42. The van der Waals surface area contributed by atoms with Crippen LogP contribution in [-0.2, 0) is 6.54 Å². The number of carbonyl (C=O) groups is 2. The molecule has 0 radical (unpaired) electrons. The maximum absolute atomic E-state index is 13.5. The summed E-state index contributed by atoms with van der Waals surface area (Å²) in [5.74, 6) is 0.468. The Balaban J connectivity index is 1.19. The summed E-state index contributed by atoms with van der Waals surface area (Å²) in [6, 6.07) is 23.7. The molecule has 5 rings (SSSR count). The fraction of sp³-hybridized carbons (Fsp3) is 0.353. The maximum Gasteiger partial charge on any atom is 0.318 e. The molecule has 3 amide bonds. The van der Waals surface area contributed by atoms with Crippen LogP contribution in [0.2, 0.25) is 5.02 Å². The highest BCUT2D eigenvalue weighted by atomic mass is 35.5. The van der Waals surface area contributed by atoms with E-state index in [1.807, 2.05) is 28.0 Å². The third kappa shape index (κ3) is 7.46. The van der Waals surface area contributed by atoms with Crippen LogP contribution in [0.1, 0.15) is 40.2 Å². The van der Waals surface area contributed by atoms with Gasteiger partial charge in [-0.3, -0.25) is 14.9 Å². The Hall–Kier alpha value is -4.21. The molecule has 0 bridgehead atoms. The van der Waals surface area contributed by atoms with E-state index in [9.17, 15) is 19.7 Å². The molecule has 2 aliphatic heterocycles. The van der Waals surface area contributed by atoms with Gasteiger partial charge in [-0.05, 0) is 42.0 Å². The van der Waals surface area contributed by atoms with Gasteiger partial charge in [0, 0.05) is 69.9 Å². The molecule has 2 heterocycles.